The van der Waals surface area contributed by atoms with E-state index in [1.807, 2.05) is 6.07 Å². The summed E-state index contributed by atoms with van der Waals surface area (Å²) >= 11 is 0. The molecule has 0 radical (unpaired) electrons. The van der Waals surface area contributed by atoms with Crippen molar-refractivity contribution in [3.05, 3.63) is 53.6 Å². The maximum absolute atomic E-state index is 12.7. The highest BCUT2D eigenvalue weighted by molar-refractivity contribution is 7.89. The molecular weight excluding hydrogens is 430 g/mol. The number of rotatable bonds is 10. The molecule has 1 N–H and O–H groups in total. The van der Waals surface area contributed by atoms with Gasteiger partial charge in [-0.05, 0) is 61.2 Å². The Morgan fingerprint density at radius 1 is 1.16 bits per heavy atom. The summed E-state index contributed by atoms with van der Waals surface area (Å²) in [6, 6.07) is 11.4. The number of hydrogen-bond acceptors (Lipinski definition) is 6. The monoisotopic (exact) mass is 459 g/mol. The van der Waals surface area contributed by atoms with Gasteiger partial charge in [-0.1, -0.05) is 19.4 Å². The number of benzene rings is 2. The fraction of sp³-hybridized carbons (Fsp3) is 0.391. The molecule has 0 aromatic heterocycles. The van der Waals surface area contributed by atoms with Crippen LogP contribution in [0, 0.1) is 0 Å². The molecule has 0 spiro atoms. The third-order valence-electron chi connectivity index (χ3n) is 5.12. The van der Waals surface area contributed by atoms with Crippen LogP contribution in [-0.4, -0.2) is 51.7 Å². The minimum Gasteiger partial charge on any atom is -0.493 e. The molecule has 172 valence electrons. The maximum atomic E-state index is 12.7. The Kier molecular flexibility index (Phi) is 8.24. The Hall–Kier alpha value is -2.91. The SMILES string of the molecule is CCCCOc1ccc(/C=N/NC(=O)c2cccc(S(=O)(=O)N3CCCC3)c2)cc1OC. The predicted molar refractivity (Wildman–Crippen MR) is 123 cm³/mol. The maximum Gasteiger partial charge on any atom is 0.271 e. The normalized spacial score (nSPS) is 14.6. The number of carbonyl (C=O) groups is 1. The van der Waals surface area contributed by atoms with Gasteiger partial charge < -0.3 is 9.47 Å². The van der Waals surface area contributed by atoms with Crippen LogP contribution in [0.5, 0.6) is 11.5 Å². The molecule has 0 unspecified atom stereocenters. The fourth-order valence-electron chi connectivity index (χ4n) is 3.32. The van der Waals surface area contributed by atoms with Crippen LogP contribution >= 0.6 is 0 Å². The van der Waals surface area contributed by atoms with E-state index in [9.17, 15) is 13.2 Å². The van der Waals surface area contributed by atoms with Crippen molar-refractivity contribution in [2.45, 2.75) is 37.5 Å². The Morgan fingerprint density at radius 3 is 2.66 bits per heavy atom. The number of nitrogens with zero attached hydrogens (tertiary/aromatic N) is 2. The van der Waals surface area contributed by atoms with Gasteiger partial charge in [-0.15, -0.1) is 0 Å². The molecule has 1 amide bonds. The van der Waals surface area contributed by atoms with E-state index < -0.39 is 15.9 Å². The van der Waals surface area contributed by atoms with Crippen molar-refractivity contribution in [1.82, 2.24) is 9.73 Å². The molecule has 1 aliphatic rings. The molecule has 2 aromatic carbocycles. The number of methoxy groups -OCH3 is 1. The van der Waals surface area contributed by atoms with Gasteiger partial charge in [-0.2, -0.15) is 9.41 Å². The second-order valence-electron chi connectivity index (χ2n) is 7.45. The summed E-state index contributed by atoms with van der Waals surface area (Å²) < 4.78 is 38.0. The lowest BCUT2D eigenvalue weighted by molar-refractivity contribution is 0.0955. The molecule has 0 atom stereocenters. The zero-order valence-corrected chi connectivity index (χ0v) is 19.2. The number of unbranched alkanes of at least 4 members (excludes halogenated alkanes) is 1. The summed E-state index contributed by atoms with van der Waals surface area (Å²) in [7, 11) is -2.03. The van der Waals surface area contributed by atoms with Gasteiger partial charge in [0.25, 0.3) is 5.91 Å². The predicted octanol–water partition coefficient (Wildman–Crippen LogP) is 3.42. The number of hydrazone groups is 1. The van der Waals surface area contributed by atoms with Crippen LogP contribution in [0.1, 0.15) is 48.5 Å². The lowest BCUT2D eigenvalue weighted by Crippen LogP contribution is -2.28. The van der Waals surface area contributed by atoms with Crippen molar-refractivity contribution in [3.63, 3.8) is 0 Å². The molecule has 0 saturated carbocycles. The van der Waals surface area contributed by atoms with Crippen LogP contribution in [0.15, 0.2) is 52.5 Å². The van der Waals surface area contributed by atoms with E-state index in [1.54, 1.807) is 31.4 Å². The molecule has 1 aliphatic heterocycles. The summed E-state index contributed by atoms with van der Waals surface area (Å²) in [5.41, 5.74) is 3.38. The largest absolute Gasteiger partial charge is 0.493 e. The van der Waals surface area contributed by atoms with E-state index >= 15 is 0 Å². The zero-order valence-electron chi connectivity index (χ0n) is 18.4. The first kappa shape index (κ1) is 23.7. The minimum atomic E-state index is -3.59. The second-order valence-corrected chi connectivity index (χ2v) is 9.39. The van der Waals surface area contributed by atoms with E-state index in [0.29, 0.717) is 31.2 Å². The van der Waals surface area contributed by atoms with E-state index in [0.717, 1.165) is 31.2 Å². The van der Waals surface area contributed by atoms with Gasteiger partial charge in [0.1, 0.15) is 0 Å². The molecule has 3 rings (SSSR count). The highest BCUT2D eigenvalue weighted by Gasteiger charge is 2.27. The first-order chi connectivity index (χ1) is 15.5. The number of carbonyl (C=O) groups excluding carboxylic acids is 1. The number of sulfonamides is 1. The second kappa shape index (κ2) is 11.1. The van der Waals surface area contributed by atoms with Gasteiger partial charge in [0, 0.05) is 18.7 Å². The lowest BCUT2D eigenvalue weighted by atomic mass is 10.2. The van der Waals surface area contributed by atoms with Crippen molar-refractivity contribution in [3.8, 4) is 11.5 Å². The van der Waals surface area contributed by atoms with Crippen LogP contribution < -0.4 is 14.9 Å². The van der Waals surface area contributed by atoms with Crippen molar-refractivity contribution in [1.29, 1.82) is 0 Å². The molecule has 0 aliphatic carbocycles. The zero-order chi connectivity index (χ0) is 23.0. The van der Waals surface area contributed by atoms with E-state index in [2.05, 4.69) is 17.5 Å². The summed E-state index contributed by atoms with van der Waals surface area (Å²) in [6.45, 7) is 3.73. The van der Waals surface area contributed by atoms with Gasteiger partial charge in [-0.3, -0.25) is 4.79 Å². The Morgan fingerprint density at radius 2 is 1.94 bits per heavy atom. The highest BCUT2D eigenvalue weighted by atomic mass is 32.2. The van der Waals surface area contributed by atoms with Gasteiger partial charge in [0.15, 0.2) is 11.5 Å². The van der Waals surface area contributed by atoms with Crippen LogP contribution in [0.2, 0.25) is 0 Å². The topological polar surface area (TPSA) is 97.3 Å². The third-order valence-corrected chi connectivity index (χ3v) is 7.02. The Labute approximate surface area is 189 Å². The number of amides is 1. The first-order valence-electron chi connectivity index (χ1n) is 10.7. The summed E-state index contributed by atoms with van der Waals surface area (Å²) in [6.07, 6.45) is 5.19. The average molecular weight is 460 g/mol. The van der Waals surface area contributed by atoms with Crippen LogP contribution in [0.3, 0.4) is 0 Å². The molecule has 9 heteroatoms. The molecule has 32 heavy (non-hydrogen) atoms. The molecule has 2 aromatic rings. The average Bonchev–Trinajstić information content (AvgIpc) is 3.36. The molecule has 1 heterocycles. The number of nitrogens with one attached hydrogen (secondary N) is 1. The minimum absolute atomic E-state index is 0.111. The molecule has 8 nitrogen and oxygen atoms in total. The van der Waals surface area contributed by atoms with Gasteiger partial charge in [0.05, 0.1) is 24.8 Å². The molecule has 1 saturated heterocycles. The summed E-state index contributed by atoms with van der Waals surface area (Å²) in [5.74, 6) is 0.737. The third kappa shape index (κ3) is 5.86. The van der Waals surface area contributed by atoms with Crippen molar-refractivity contribution >= 4 is 22.1 Å². The highest BCUT2D eigenvalue weighted by Crippen LogP contribution is 2.27. The molecule has 0 bridgehead atoms. The van der Waals surface area contributed by atoms with Gasteiger partial charge in [0.2, 0.25) is 10.0 Å². The summed E-state index contributed by atoms with van der Waals surface area (Å²) in [5, 5.41) is 3.99. The van der Waals surface area contributed by atoms with Gasteiger partial charge >= 0.3 is 0 Å². The quantitative estimate of drug-likeness (QED) is 0.334. The molecular formula is C23H29N3O5S. The standard InChI is InChI=1S/C23H29N3O5S/c1-3-4-14-31-21-11-10-18(15-22(21)30-2)17-24-25-23(27)19-8-7-9-20(16-19)32(28,29)26-12-5-6-13-26/h7-11,15-17H,3-6,12-14H2,1-2H3,(H,25,27)/b24-17+. The van der Waals surface area contributed by atoms with E-state index in [1.165, 1.54) is 22.7 Å². The Bertz CT molecular complexity index is 1060. The Balaban J connectivity index is 1.65. The van der Waals surface area contributed by atoms with E-state index in [4.69, 9.17) is 9.47 Å². The fourth-order valence-corrected chi connectivity index (χ4v) is 4.88. The number of hydrogen-bond donors (Lipinski definition) is 1. The molecule has 1 fully saturated rings. The summed E-state index contributed by atoms with van der Waals surface area (Å²) in [4.78, 5) is 12.6. The van der Waals surface area contributed by atoms with E-state index in [-0.39, 0.29) is 10.5 Å². The lowest BCUT2D eigenvalue weighted by Gasteiger charge is -2.15. The van der Waals surface area contributed by atoms with Gasteiger partial charge in [-0.25, -0.2) is 13.8 Å². The van der Waals surface area contributed by atoms with Crippen LogP contribution in [0.25, 0.3) is 0 Å². The van der Waals surface area contributed by atoms with Crippen molar-refractivity contribution in [2.75, 3.05) is 26.8 Å². The smallest absolute Gasteiger partial charge is 0.271 e. The number of ether oxygens (including phenoxy) is 2. The van der Waals surface area contributed by atoms with Crippen LogP contribution in [0.4, 0.5) is 0 Å². The van der Waals surface area contributed by atoms with Crippen LogP contribution in [-0.2, 0) is 10.0 Å². The first-order valence-corrected chi connectivity index (χ1v) is 12.1. The van der Waals surface area contributed by atoms with Crippen molar-refractivity contribution in [2.24, 2.45) is 5.10 Å². The van der Waals surface area contributed by atoms with Crippen molar-refractivity contribution < 1.29 is 22.7 Å².